The van der Waals surface area contributed by atoms with E-state index in [-0.39, 0.29) is 12.8 Å². The minimum atomic E-state index is -4.08. The summed E-state index contributed by atoms with van der Waals surface area (Å²) in [6, 6.07) is 0. The third-order valence-electron chi connectivity index (χ3n) is 4.10. The minimum absolute atomic E-state index is 0.151. The van der Waals surface area contributed by atoms with Gasteiger partial charge >= 0.3 is 6.18 Å². The Bertz CT molecular complexity index is 260. The summed E-state index contributed by atoms with van der Waals surface area (Å²) < 4.78 is 38.6. The number of rotatable bonds is 5. The van der Waals surface area contributed by atoms with E-state index >= 15 is 0 Å². The van der Waals surface area contributed by atoms with Crippen LogP contribution in [0.4, 0.5) is 13.2 Å². The predicted octanol–water partition coefficient (Wildman–Crippen LogP) is 2.73. The van der Waals surface area contributed by atoms with Crippen molar-refractivity contribution in [1.29, 1.82) is 0 Å². The van der Waals surface area contributed by atoms with Gasteiger partial charge in [-0.05, 0) is 32.6 Å². The van der Waals surface area contributed by atoms with E-state index in [0.717, 1.165) is 18.7 Å². The Morgan fingerprint density at radius 1 is 1.44 bits per heavy atom. The first kappa shape index (κ1) is 16.1. The molecule has 0 heterocycles. The zero-order chi connectivity index (χ0) is 13.8. The lowest BCUT2D eigenvalue weighted by atomic mass is 9.74. The van der Waals surface area contributed by atoms with Gasteiger partial charge in [0, 0.05) is 24.4 Å². The molecule has 0 aliphatic heterocycles. The van der Waals surface area contributed by atoms with Gasteiger partial charge in [-0.3, -0.25) is 4.90 Å². The molecule has 0 aromatic rings. The van der Waals surface area contributed by atoms with Gasteiger partial charge in [0.25, 0.3) is 0 Å². The first-order valence-corrected chi connectivity index (χ1v) is 7.72. The molecule has 0 amide bonds. The fourth-order valence-electron chi connectivity index (χ4n) is 2.77. The van der Waals surface area contributed by atoms with Crippen molar-refractivity contribution in [2.45, 2.75) is 37.4 Å². The highest BCUT2D eigenvalue weighted by molar-refractivity contribution is 7.98. The van der Waals surface area contributed by atoms with Gasteiger partial charge in [-0.1, -0.05) is 6.42 Å². The molecule has 1 fully saturated rings. The normalized spacial score (nSPS) is 29.8. The van der Waals surface area contributed by atoms with Gasteiger partial charge in [0.05, 0.1) is 5.92 Å². The summed E-state index contributed by atoms with van der Waals surface area (Å²) in [7, 11) is 1.90. The van der Waals surface area contributed by atoms with Crippen LogP contribution >= 0.6 is 11.8 Å². The van der Waals surface area contributed by atoms with Crippen LogP contribution < -0.4 is 5.73 Å². The van der Waals surface area contributed by atoms with Crippen LogP contribution in [0.5, 0.6) is 0 Å². The Morgan fingerprint density at radius 3 is 2.61 bits per heavy atom. The van der Waals surface area contributed by atoms with Gasteiger partial charge in [-0.25, -0.2) is 0 Å². The Labute approximate surface area is 111 Å². The summed E-state index contributed by atoms with van der Waals surface area (Å²) in [6.45, 7) is 1.10. The molecular weight excluding hydrogens is 261 g/mol. The van der Waals surface area contributed by atoms with Crippen LogP contribution in [-0.2, 0) is 0 Å². The molecule has 6 heteroatoms. The van der Waals surface area contributed by atoms with Crippen molar-refractivity contribution < 1.29 is 13.2 Å². The summed E-state index contributed by atoms with van der Waals surface area (Å²) in [6.07, 6.45) is -0.283. The van der Waals surface area contributed by atoms with E-state index < -0.39 is 17.6 Å². The van der Waals surface area contributed by atoms with Crippen molar-refractivity contribution in [2.75, 3.05) is 32.1 Å². The van der Waals surface area contributed by atoms with Gasteiger partial charge in [0.2, 0.25) is 0 Å². The monoisotopic (exact) mass is 284 g/mol. The summed E-state index contributed by atoms with van der Waals surface area (Å²) >= 11 is 1.70. The fraction of sp³-hybridized carbons (Fsp3) is 1.00. The van der Waals surface area contributed by atoms with Crippen LogP contribution in [0.3, 0.4) is 0 Å². The fourth-order valence-corrected chi connectivity index (χ4v) is 3.23. The van der Waals surface area contributed by atoms with Crippen LogP contribution in [0.1, 0.15) is 25.7 Å². The maximum atomic E-state index is 12.9. The molecule has 0 bridgehead atoms. The molecule has 0 radical (unpaired) electrons. The largest absolute Gasteiger partial charge is 0.391 e. The van der Waals surface area contributed by atoms with E-state index in [4.69, 9.17) is 5.73 Å². The smallest absolute Gasteiger partial charge is 0.329 e. The molecule has 1 aliphatic rings. The maximum Gasteiger partial charge on any atom is 0.391 e. The topological polar surface area (TPSA) is 29.3 Å². The molecular formula is C12H23F3N2S. The van der Waals surface area contributed by atoms with Crippen LogP contribution in [-0.4, -0.2) is 48.8 Å². The molecule has 2 nitrogen and oxygen atoms in total. The molecule has 1 aliphatic carbocycles. The van der Waals surface area contributed by atoms with E-state index in [2.05, 4.69) is 0 Å². The standard InChI is InChI=1S/C12H23F3N2S/c1-17(6-7-18-2)11(9-16)5-3-4-10(8-11)12(13,14)15/h10H,3-9,16H2,1-2H3. The van der Waals surface area contributed by atoms with E-state index in [1.54, 1.807) is 11.8 Å². The molecule has 0 aromatic carbocycles. The first-order valence-electron chi connectivity index (χ1n) is 6.32. The average molecular weight is 284 g/mol. The van der Waals surface area contributed by atoms with Gasteiger partial charge in [-0.15, -0.1) is 0 Å². The Kier molecular flexibility index (Phi) is 5.80. The zero-order valence-electron chi connectivity index (χ0n) is 11.1. The number of likely N-dealkylation sites (N-methyl/N-ethyl adjacent to an activating group) is 1. The van der Waals surface area contributed by atoms with Gasteiger partial charge in [-0.2, -0.15) is 24.9 Å². The second-order valence-corrected chi connectivity index (χ2v) is 6.16. The van der Waals surface area contributed by atoms with E-state index in [0.29, 0.717) is 13.0 Å². The molecule has 0 spiro atoms. The lowest BCUT2D eigenvalue weighted by Gasteiger charge is -2.47. The second kappa shape index (κ2) is 6.48. The summed E-state index contributed by atoms with van der Waals surface area (Å²) in [4.78, 5) is 2.04. The predicted molar refractivity (Wildman–Crippen MR) is 70.8 cm³/mol. The third-order valence-corrected chi connectivity index (χ3v) is 4.70. The number of thioether (sulfide) groups is 1. The van der Waals surface area contributed by atoms with E-state index in [9.17, 15) is 13.2 Å². The summed E-state index contributed by atoms with van der Waals surface area (Å²) in [5, 5.41) is 0. The highest BCUT2D eigenvalue weighted by atomic mass is 32.2. The molecule has 1 saturated carbocycles. The SMILES string of the molecule is CSCCN(C)C1(CN)CCCC(C(F)(F)F)C1. The third kappa shape index (κ3) is 3.78. The van der Waals surface area contributed by atoms with Crippen LogP contribution in [0, 0.1) is 5.92 Å². The highest BCUT2D eigenvalue weighted by Gasteiger charge is 2.48. The zero-order valence-corrected chi connectivity index (χ0v) is 11.9. The Balaban J connectivity index is 2.74. The molecule has 0 saturated heterocycles. The average Bonchev–Trinajstić information content (AvgIpc) is 2.34. The number of alkyl halides is 3. The van der Waals surface area contributed by atoms with Crippen molar-refractivity contribution in [3.63, 3.8) is 0 Å². The molecule has 108 valence electrons. The van der Waals surface area contributed by atoms with Crippen LogP contribution in [0.25, 0.3) is 0 Å². The van der Waals surface area contributed by atoms with Crippen molar-refractivity contribution >= 4 is 11.8 Å². The Morgan fingerprint density at radius 2 is 2.11 bits per heavy atom. The van der Waals surface area contributed by atoms with Crippen molar-refractivity contribution in [3.05, 3.63) is 0 Å². The lowest BCUT2D eigenvalue weighted by molar-refractivity contribution is -0.192. The summed E-state index contributed by atoms with van der Waals surface area (Å²) in [5.74, 6) is -0.263. The number of nitrogens with zero attached hydrogens (tertiary/aromatic N) is 1. The van der Waals surface area contributed by atoms with E-state index in [1.807, 2.05) is 18.2 Å². The highest BCUT2D eigenvalue weighted by Crippen LogP contribution is 2.43. The van der Waals surface area contributed by atoms with Gasteiger partial charge < -0.3 is 5.73 Å². The Hall–Kier alpha value is 0.0600. The summed E-state index contributed by atoms with van der Waals surface area (Å²) in [5.41, 5.74) is 5.34. The molecule has 18 heavy (non-hydrogen) atoms. The van der Waals surface area contributed by atoms with Crippen LogP contribution in [0.2, 0.25) is 0 Å². The molecule has 2 N–H and O–H groups in total. The first-order chi connectivity index (χ1) is 8.35. The van der Waals surface area contributed by atoms with Crippen molar-refractivity contribution in [2.24, 2.45) is 11.7 Å². The second-order valence-electron chi connectivity index (χ2n) is 5.18. The van der Waals surface area contributed by atoms with E-state index in [1.165, 1.54) is 0 Å². The lowest BCUT2D eigenvalue weighted by Crippen LogP contribution is -2.56. The number of hydrogen-bond acceptors (Lipinski definition) is 3. The molecule has 2 unspecified atom stereocenters. The van der Waals surface area contributed by atoms with Crippen molar-refractivity contribution in [1.82, 2.24) is 4.90 Å². The number of hydrogen-bond donors (Lipinski definition) is 1. The number of halogens is 3. The van der Waals surface area contributed by atoms with Crippen LogP contribution in [0.15, 0.2) is 0 Å². The molecule has 0 aromatic heterocycles. The quantitative estimate of drug-likeness (QED) is 0.841. The van der Waals surface area contributed by atoms with Gasteiger partial charge in [0.15, 0.2) is 0 Å². The minimum Gasteiger partial charge on any atom is -0.329 e. The van der Waals surface area contributed by atoms with Crippen molar-refractivity contribution in [3.8, 4) is 0 Å². The molecule has 1 rings (SSSR count). The maximum absolute atomic E-state index is 12.9. The number of nitrogens with two attached hydrogens (primary N) is 1. The van der Waals surface area contributed by atoms with Gasteiger partial charge in [0.1, 0.15) is 0 Å². The molecule has 2 atom stereocenters.